The van der Waals surface area contributed by atoms with Crippen LogP contribution in [-0.4, -0.2) is 12.5 Å². The third-order valence-electron chi connectivity index (χ3n) is 3.61. The average molecular weight is 302 g/mol. The van der Waals surface area contributed by atoms with Crippen LogP contribution in [0.5, 0.6) is 5.75 Å². The first-order valence-corrected chi connectivity index (χ1v) is 7.33. The molecule has 1 aliphatic heterocycles. The molecule has 1 N–H and O–H groups in total. The van der Waals surface area contributed by atoms with Gasteiger partial charge in [0.15, 0.2) is 0 Å². The molecule has 3 nitrogen and oxygen atoms in total. The quantitative estimate of drug-likeness (QED) is 0.945. The van der Waals surface area contributed by atoms with Gasteiger partial charge in [-0.25, -0.2) is 0 Å². The first-order chi connectivity index (χ1) is 10.2. The van der Waals surface area contributed by atoms with Gasteiger partial charge in [-0.2, -0.15) is 0 Å². The number of fused-ring (bicyclic) bond motifs is 1. The summed E-state index contributed by atoms with van der Waals surface area (Å²) in [7, 11) is 0. The van der Waals surface area contributed by atoms with Crippen LogP contribution in [0.15, 0.2) is 48.5 Å². The highest BCUT2D eigenvalue weighted by Gasteiger charge is 2.25. The predicted molar refractivity (Wildman–Crippen MR) is 82.4 cm³/mol. The second-order valence-electron chi connectivity index (χ2n) is 5.17. The topological polar surface area (TPSA) is 38.3 Å². The molecule has 3 rings (SSSR count). The van der Waals surface area contributed by atoms with Gasteiger partial charge in [-0.15, -0.1) is 0 Å². The second-order valence-corrected chi connectivity index (χ2v) is 5.60. The summed E-state index contributed by atoms with van der Waals surface area (Å²) >= 11 is 5.93. The molecule has 108 valence electrons. The monoisotopic (exact) mass is 301 g/mol. The standard InChI is InChI=1S/C17H16ClNO2/c18-15-6-3-4-12(8-15)10-19-17(20)14-9-13-5-1-2-7-16(13)21-11-14/h1-8,14H,9-11H2,(H,19,20)/t14-/m0/s1. The van der Waals surface area contributed by atoms with Crippen LogP contribution in [-0.2, 0) is 17.8 Å². The van der Waals surface area contributed by atoms with Crippen molar-refractivity contribution in [3.05, 3.63) is 64.7 Å². The number of carbonyl (C=O) groups is 1. The summed E-state index contributed by atoms with van der Waals surface area (Å²) in [5.41, 5.74) is 2.08. The SMILES string of the molecule is O=C(NCc1cccc(Cl)c1)[C@@H]1COc2ccccc2C1. The van der Waals surface area contributed by atoms with E-state index in [1.807, 2.05) is 48.5 Å². The van der Waals surface area contributed by atoms with E-state index < -0.39 is 0 Å². The number of para-hydroxylation sites is 1. The van der Waals surface area contributed by atoms with Gasteiger partial charge in [-0.05, 0) is 35.7 Å². The Balaban J connectivity index is 1.59. The molecule has 0 aliphatic carbocycles. The Morgan fingerprint density at radius 2 is 2.10 bits per heavy atom. The molecule has 2 aromatic carbocycles. The molecule has 0 bridgehead atoms. The van der Waals surface area contributed by atoms with E-state index in [0.717, 1.165) is 23.3 Å². The van der Waals surface area contributed by atoms with Crippen LogP contribution in [0, 0.1) is 5.92 Å². The Kier molecular flexibility index (Phi) is 4.11. The van der Waals surface area contributed by atoms with E-state index in [4.69, 9.17) is 16.3 Å². The fourth-order valence-electron chi connectivity index (χ4n) is 2.48. The molecule has 0 aromatic heterocycles. The smallest absolute Gasteiger partial charge is 0.227 e. The summed E-state index contributed by atoms with van der Waals surface area (Å²) in [4.78, 5) is 12.2. The third kappa shape index (κ3) is 3.37. The van der Waals surface area contributed by atoms with Gasteiger partial charge in [-0.1, -0.05) is 41.9 Å². The van der Waals surface area contributed by atoms with Gasteiger partial charge < -0.3 is 10.1 Å². The van der Waals surface area contributed by atoms with Crippen molar-refractivity contribution in [2.24, 2.45) is 5.92 Å². The van der Waals surface area contributed by atoms with Crippen LogP contribution in [0.25, 0.3) is 0 Å². The van der Waals surface area contributed by atoms with Crippen LogP contribution in [0.1, 0.15) is 11.1 Å². The Hall–Kier alpha value is -2.00. The molecule has 0 saturated carbocycles. The molecule has 0 unspecified atom stereocenters. The fraction of sp³-hybridized carbons (Fsp3) is 0.235. The van der Waals surface area contributed by atoms with E-state index in [1.54, 1.807) is 0 Å². The molecule has 21 heavy (non-hydrogen) atoms. The molecule has 1 aliphatic rings. The summed E-state index contributed by atoms with van der Waals surface area (Å²) in [6.45, 7) is 0.913. The highest BCUT2D eigenvalue weighted by Crippen LogP contribution is 2.26. The molecule has 1 heterocycles. The van der Waals surface area contributed by atoms with E-state index in [1.165, 1.54) is 0 Å². The molecule has 0 radical (unpaired) electrons. The lowest BCUT2D eigenvalue weighted by atomic mass is 9.96. The van der Waals surface area contributed by atoms with Crippen molar-refractivity contribution in [2.75, 3.05) is 6.61 Å². The number of hydrogen-bond donors (Lipinski definition) is 1. The van der Waals surface area contributed by atoms with Crippen molar-refractivity contribution >= 4 is 17.5 Å². The Labute approximate surface area is 128 Å². The minimum absolute atomic E-state index is 0.0180. The van der Waals surface area contributed by atoms with Crippen LogP contribution in [0.2, 0.25) is 5.02 Å². The lowest BCUT2D eigenvalue weighted by Gasteiger charge is -2.24. The normalized spacial score (nSPS) is 16.7. The first-order valence-electron chi connectivity index (χ1n) is 6.95. The van der Waals surface area contributed by atoms with Gasteiger partial charge in [0, 0.05) is 11.6 Å². The average Bonchev–Trinajstić information content (AvgIpc) is 2.52. The maximum atomic E-state index is 12.2. The highest BCUT2D eigenvalue weighted by molar-refractivity contribution is 6.30. The fourth-order valence-corrected chi connectivity index (χ4v) is 2.69. The minimum Gasteiger partial charge on any atom is -0.492 e. The van der Waals surface area contributed by atoms with Crippen LogP contribution in [0.4, 0.5) is 0 Å². The molecule has 2 aromatic rings. The number of carbonyl (C=O) groups excluding carboxylic acids is 1. The zero-order chi connectivity index (χ0) is 14.7. The largest absolute Gasteiger partial charge is 0.492 e. The van der Waals surface area contributed by atoms with E-state index >= 15 is 0 Å². The number of ether oxygens (including phenoxy) is 1. The Morgan fingerprint density at radius 3 is 2.95 bits per heavy atom. The number of halogens is 1. The lowest BCUT2D eigenvalue weighted by Crippen LogP contribution is -2.37. The van der Waals surface area contributed by atoms with Crippen LogP contribution >= 0.6 is 11.6 Å². The zero-order valence-corrected chi connectivity index (χ0v) is 12.3. The molecule has 0 spiro atoms. The van der Waals surface area contributed by atoms with Crippen LogP contribution < -0.4 is 10.1 Å². The maximum absolute atomic E-state index is 12.2. The summed E-state index contributed by atoms with van der Waals surface area (Å²) in [6, 6.07) is 15.4. The molecular formula is C17H16ClNO2. The van der Waals surface area contributed by atoms with Crippen molar-refractivity contribution in [1.82, 2.24) is 5.32 Å². The third-order valence-corrected chi connectivity index (χ3v) is 3.84. The summed E-state index contributed by atoms with van der Waals surface area (Å²) in [5.74, 6) is 0.764. The first kappa shape index (κ1) is 14.0. The molecule has 0 fully saturated rings. The number of amides is 1. The second kappa shape index (κ2) is 6.19. The Morgan fingerprint density at radius 1 is 1.24 bits per heavy atom. The van der Waals surface area contributed by atoms with Gasteiger partial charge >= 0.3 is 0 Å². The molecule has 0 saturated heterocycles. The van der Waals surface area contributed by atoms with Crippen molar-refractivity contribution in [2.45, 2.75) is 13.0 Å². The van der Waals surface area contributed by atoms with Crippen molar-refractivity contribution < 1.29 is 9.53 Å². The van der Waals surface area contributed by atoms with E-state index in [2.05, 4.69) is 5.32 Å². The predicted octanol–water partition coefficient (Wildman–Crippen LogP) is 3.21. The molecule has 1 atom stereocenters. The van der Waals surface area contributed by atoms with Gasteiger partial charge in [-0.3, -0.25) is 4.79 Å². The van der Waals surface area contributed by atoms with Crippen molar-refractivity contribution in [3.63, 3.8) is 0 Å². The van der Waals surface area contributed by atoms with Crippen molar-refractivity contribution in [1.29, 1.82) is 0 Å². The van der Waals surface area contributed by atoms with E-state index in [-0.39, 0.29) is 11.8 Å². The van der Waals surface area contributed by atoms with Gasteiger partial charge in [0.2, 0.25) is 5.91 Å². The Bertz CT molecular complexity index is 657. The summed E-state index contributed by atoms with van der Waals surface area (Å²) < 4.78 is 5.65. The van der Waals surface area contributed by atoms with Crippen LogP contribution in [0.3, 0.4) is 0 Å². The summed E-state index contributed by atoms with van der Waals surface area (Å²) in [5, 5.41) is 3.63. The van der Waals surface area contributed by atoms with E-state index in [0.29, 0.717) is 18.2 Å². The number of benzene rings is 2. The zero-order valence-electron chi connectivity index (χ0n) is 11.5. The number of hydrogen-bond acceptors (Lipinski definition) is 2. The lowest BCUT2D eigenvalue weighted by molar-refractivity contribution is -0.126. The minimum atomic E-state index is -0.140. The molecule has 4 heteroatoms. The maximum Gasteiger partial charge on any atom is 0.227 e. The number of nitrogens with one attached hydrogen (secondary N) is 1. The summed E-state index contributed by atoms with van der Waals surface area (Å²) in [6.07, 6.45) is 0.720. The van der Waals surface area contributed by atoms with Gasteiger partial charge in [0.25, 0.3) is 0 Å². The van der Waals surface area contributed by atoms with E-state index in [9.17, 15) is 4.79 Å². The highest BCUT2D eigenvalue weighted by atomic mass is 35.5. The van der Waals surface area contributed by atoms with Gasteiger partial charge in [0.1, 0.15) is 12.4 Å². The van der Waals surface area contributed by atoms with Crippen molar-refractivity contribution in [3.8, 4) is 5.75 Å². The molecule has 1 amide bonds. The molecular weight excluding hydrogens is 286 g/mol. The number of rotatable bonds is 3. The van der Waals surface area contributed by atoms with Gasteiger partial charge in [0.05, 0.1) is 5.92 Å².